The number of allylic oxidation sites excluding steroid dienone is 1. The summed E-state index contributed by atoms with van der Waals surface area (Å²) in [6.45, 7) is 4.03. The molecule has 0 spiro atoms. The second kappa shape index (κ2) is 7.76. The first kappa shape index (κ1) is 15.5. The van der Waals surface area contributed by atoms with E-state index in [9.17, 15) is 9.90 Å². The number of carbonyl (C=O) groups excluding carboxylic acids is 1. The third-order valence-corrected chi connectivity index (χ3v) is 4.04. The van der Waals surface area contributed by atoms with Gasteiger partial charge in [-0.05, 0) is 28.0 Å². The molecule has 2 aromatic rings. The molecular weight excluding hydrogens is 282 g/mol. The molecule has 0 radical (unpaired) electrons. The third-order valence-electron chi connectivity index (χ3n) is 3.34. The van der Waals surface area contributed by atoms with Crippen LogP contribution >= 0.6 is 11.3 Å². The zero-order valence-electron chi connectivity index (χ0n) is 11.7. The van der Waals surface area contributed by atoms with Crippen LogP contribution < -0.4 is 5.32 Å². The smallest absolute Gasteiger partial charge is 0.221 e. The van der Waals surface area contributed by atoms with E-state index in [4.69, 9.17) is 0 Å². The minimum absolute atomic E-state index is 0.00973. The molecule has 0 aliphatic carbocycles. The van der Waals surface area contributed by atoms with E-state index in [1.807, 2.05) is 47.2 Å². The topological polar surface area (TPSA) is 49.3 Å². The van der Waals surface area contributed by atoms with Crippen molar-refractivity contribution in [3.63, 3.8) is 0 Å². The van der Waals surface area contributed by atoms with Gasteiger partial charge in [0, 0.05) is 18.9 Å². The normalized spacial score (nSPS) is 13.4. The number of hydrogen-bond donors (Lipinski definition) is 2. The highest BCUT2D eigenvalue weighted by Gasteiger charge is 2.14. The predicted molar refractivity (Wildman–Crippen MR) is 86.3 cm³/mol. The van der Waals surface area contributed by atoms with E-state index in [-0.39, 0.29) is 18.4 Å². The van der Waals surface area contributed by atoms with Gasteiger partial charge in [-0.2, -0.15) is 11.3 Å². The van der Waals surface area contributed by atoms with Crippen LogP contribution in [0.3, 0.4) is 0 Å². The monoisotopic (exact) mass is 301 g/mol. The molecule has 1 heterocycles. The molecule has 0 fully saturated rings. The van der Waals surface area contributed by atoms with E-state index in [0.29, 0.717) is 6.42 Å². The number of rotatable bonds is 7. The number of amides is 1. The van der Waals surface area contributed by atoms with Gasteiger partial charge in [-0.3, -0.25) is 4.79 Å². The first-order chi connectivity index (χ1) is 10.2. The molecule has 110 valence electrons. The summed E-state index contributed by atoms with van der Waals surface area (Å²) in [7, 11) is 0. The lowest BCUT2D eigenvalue weighted by molar-refractivity contribution is -0.121. The Labute approximate surface area is 128 Å². The van der Waals surface area contributed by atoms with Crippen LogP contribution in [0, 0.1) is 0 Å². The van der Waals surface area contributed by atoms with E-state index in [1.54, 1.807) is 6.08 Å². The van der Waals surface area contributed by atoms with Gasteiger partial charge in [-0.15, -0.1) is 6.58 Å². The van der Waals surface area contributed by atoms with E-state index in [2.05, 4.69) is 11.9 Å². The molecule has 2 rings (SSSR count). The average molecular weight is 301 g/mol. The van der Waals surface area contributed by atoms with Crippen LogP contribution in [0.5, 0.6) is 0 Å². The number of nitrogens with one attached hydrogen (secondary N) is 1. The van der Waals surface area contributed by atoms with Crippen molar-refractivity contribution in [2.45, 2.75) is 18.4 Å². The highest BCUT2D eigenvalue weighted by Crippen LogP contribution is 2.20. The molecule has 2 unspecified atom stereocenters. The molecule has 2 N–H and O–H groups in total. The third kappa shape index (κ3) is 4.55. The Morgan fingerprint density at radius 2 is 2.05 bits per heavy atom. The number of hydrogen-bond acceptors (Lipinski definition) is 3. The Balaban J connectivity index is 1.85. The Hall–Kier alpha value is -1.91. The summed E-state index contributed by atoms with van der Waals surface area (Å²) >= 11 is 1.53. The first-order valence-electron chi connectivity index (χ1n) is 6.85. The standard InChI is InChI=1S/C17H19NO2S/c1-2-13(14-6-4-3-5-7-14)10-17(20)18-11-16(19)15-8-9-21-12-15/h2-9,12-13,16,19H,1,10-11H2,(H,18,20). The molecule has 4 heteroatoms. The second-order valence-electron chi connectivity index (χ2n) is 4.83. The average Bonchev–Trinajstić information content (AvgIpc) is 3.05. The highest BCUT2D eigenvalue weighted by molar-refractivity contribution is 7.07. The fraction of sp³-hybridized carbons (Fsp3) is 0.235. The maximum atomic E-state index is 12.0. The van der Waals surface area contributed by atoms with Gasteiger partial charge in [0.05, 0.1) is 6.10 Å². The van der Waals surface area contributed by atoms with E-state index < -0.39 is 6.10 Å². The maximum Gasteiger partial charge on any atom is 0.221 e. The number of aliphatic hydroxyl groups excluding tert-OH is 1. The molecule has 21 heavy (non-hydrogen) atoms. The summed E-state index contributed by atoms with van der Waals surface area (Å²) in [5, 5.41) is 16.5. The summed E-state index contributed by atoms with van der Waals surface area (Å²) in [6.07, 6.45) is 1.47. The fourth-order valence-corrected chi connectivity index (χ4v) is 2.81. The summed E-state index contributed by atoms with van der Waals surface area (Å²) in [5.74, 6) is -0.0949. The lowest BCUT2D eigenvalue weighted by Gasteiger charge is -2.14. The molecule has 2 atom stereocenters. The van der Waals surface area contributed by atoms with Crippen LogP contribution in [0.2, 0.25) is 0 Å². The molecule has 3 nitrogen and oxygen atoms in total. The highest BCUT2D eigenvalue weighted by atomic mass is 32.1. The molecule has 0 saturated carbocycles. The molecule has 0 bridgehead atoms. The number of thiophene rings is 1. The van der Waals surface area contributed by atoms with Crippen molar-refractivity contribution in [2.75, 3.05) is 6.54 Å². The molecular formula is C17H19NO2S. The first-order valence-corrected chi connectivity index (χ1v) is 7.79. The van der Waals surface area contributed by atoms with Crippen molar-refractivity contribution in [2.24, 2.45) is 0 Å². The van der Waals surface area contributed by atoms with Gasteiger partial charge in [-0.25, -0.2) is 0 Å². The molecule has 0 aliphatic heterocycles. The van der Waals surface area contributed by atoms with Gasteiger partial charge in [-0.1, -0.05) is 36.4 Å². The zero-order valence-corrected chi connectivity index (χ0v) is 12.6. The largest absolute Gasteiger partial charge is 0.387 e. The van der Waals surface area contributed by atoms with Crippen LogP contribution in [0.4, 0.5) is 0 Å². The van der Waals surface area contributed by atoms with Crippen LogP contribution in [-0.2, 0) is 4.79 Å². The Morgan fingerprint density at radius 1 is 1.29 bits per heavy atom. The fourth-order valence-electron chi connectivity index (χ4n) is 2.10. The van der Waals surface area contributed by atoms with Crippen molar-refractivity contribution in [3.8, 4) is 0 Å². The van der Waals surface area contributed by atoms with Crippen LogP contribution in [0.25, 0.3) is 0 Å². The van der Waals surface area contributed by atoms with Crippen LogP contribution in [0.1, 0.15) is 29.6 Å². The molecule has 0 aliphatic rings. The minimum Gasteiger partial charge on any atom is -0.387 e. The molecule has 1 aromatic heterocycles. The van der Waals surface area contributed by atoms with Crippen molar-refractivity contribution < 1.29 is 9.90 Å². The zero-order chi connectivity index (χ0) is 15.1. The van der Waals surface area contributed by atoms with Crippen LogP contribution in [0.15, 0.2) is 59.8 Å². The van der Waals surface area contributed by atoms with Crippen LogP contribution in [-0.4, -0.2) is 17.6 Å². The Morgan fingerprint density at radius 3 is 2.67 bits per heavy atom. The van der Waals surface area contributed by atoms with E-state index in [1.165, 1.54) is 11.3 Å². The Bertz CT molecular complexity index is 566. The van der Waals surface area contributed by atoms with Gasteiger partial charge < -0.3 is 10.4 Å². The van der Waals surface area contributed by atoms with Crippen molar-refractivity contribution in [1.82, 2.24) is 5.32 Å². The Kier molecular flexibility index (Phi) is 5.72. The van der Waals surface area contributed by atoms with E-state index >= 15 is 0 Å². The number of aliphatic hydroxyl groups is 1. The minimum atomic E-state index is -0.654. The molecule has 1 aromatic carbocycles. The van der Waals surface area contributed by atoms with Gasteiger partial charge in [0.1, 0.15) is 0 Å². The summed E-state index contributed by atoms with van der Waals surface area (Å²) in [6, 6.07) is 11.7. The summed E-state index contributed by atoms with van der Waals surface area (Å²) in [4.78, 5) is 12.0. The van der Waals surface area contributed by atoms with Gasteiger partial charge in [0.15, 0.2) is 0 Å². The van der Waals surface area contributed by atoms with Crippen molar-refractivity contribution >= 4 is 17.2 Å². The maximum absolute atomic E-state index is 12.0. The lowest BCUT2D eigenvalue weighted by Crippen LogP contribution is -2.29. The predicted octanol–water partition coefficient (Wildman–Crippen LogP) is 3.26. The quantitative estimate of drug-likeness (QED) is 0.771. The lowest BCUT2D eigenvalue weighted by atomic mass is 9.95. The summed E-state index contributed by atoms with van der Waals surface area (Å²) in [5.41, 5.74) is 1.91. The van der Waals surface area contributed by atoms with Gasteiger partial charge in [0.25, 0.3) is 0 Å². The van der Waals surface area contributed by atoms with Gasteiger partial charge >= 0.3 is 0 Å². The number of benzene rings is 1. The number of carbonyl (C=O) groups is 1. The molecule has 0 saturated heterocycles. The van der Waals surface area contributed by atoms with Crippen molar-refractivity contribution in [3.05, 3.63) is 70.9 Å². The van der Waals surface area contributed by atoms with E-state index in [0.717, 1.165) is 11.1 Å². The molecule has 1 amide bonds. The van der Waals surface area contributed by atoms with Crippen molar-refractivity contribution in [1.29, 1.82) is 0 Å². The van der Waals surface area contributed by atoms with Gasteiger partial charge in [0.2, 0.25) is 5.91 Å². The second-order valence-corrected chi connectivity index (χ2v) is 5.61. The summed E-state index contributed by atoms with van der Waals surface area (Å²) < 4.78 is 0. The SMILES string of the molecule is C=CC(CC(=O)NCC(O)c1ccsc1)c1ccccc1.